The number of nitrogens with zero attached hydrogens (tertiary/aromatic N) is 2. The molecular weight excluding hydrogens is 254 g/mol. The SMILES string of the molecule is CC1(C)C(c2ccc(N)nc2)C(=O)N1C1=CCOCC1. The molecule has 0 spiro atoms. The zero-order valence-electron chi connectivity index (χ0n) is 11.8. The molecule has 1 amide bonds. The Labute approximate surface area is 118 Å². The summed E-state index contributed by atoms with van der Waals surface area (Å²) in [7, 11) is 0. The molecule has 0 radical (unpaired) electrons. The van der Waals surface area contributed by atoms with Crippen molar-refractivity contribution in [2.75, 3.05) is 18.9 Å². The summed E-state index contributed by atoms with van der Waals surface area (Å²) in [5, 5.41) is 0. The zero-order chi connectivity index (χ0) is 14.3. The number of anilines is 1. The average Bonchev–Trinajstić information content (AvgIpc) is 2.42. The second-order valence-corrected chi connectivity index (χ2v) is 5.80. The number of aromatic nitrogens is 1. The third kappa shape index (κ3) is 1.89. The molecule has 1 saturated heterocycles. The molecule has 3 rings (SSSR count). The van der Waals surface area contributed by atoms with Gasteiger partial charge in [-0.15, -0.1) is 0 Å². The van der Waals surface area contributed by atoms with Crippen molar-refractivity contribution in [1.82, 2.24) is 9.88 Å². The molecule has 0 saturated carbocycles. The van der Waals surface area contributed by atoms with Crippen molar-refractivity contribution in [1.29, 1.82) is 0 Å². The number of hydrogen-bond donors (Lipinski definition) is 1. The number of pyridine rings is 1. The van der Waals surface area contributed by atoms with Crippen LogP contribution in [0.25, 0.3) is 0 Å². The van der Waals surface area contributed by atoms with Crippen LogP contribution in [0.2, 0.25) is 0 Å². The van der Waals surface area contributed by atoms with Gasteiger partial charge in [0.1, 0.15) is 5.82 Å². The number of nitrogen functional groups attached to an aromatic ring is 1. The predicted octanol–water partition coefficient (Wildman–Crippen LogP) is 1.67. The Morgan fingerprint density at radius 1 is 1.45 bits per heavy atom. The number of likely N-dealkylation sites (tertiary alicyclic amines) is 1. The smallest absolute Gasteiger partial charge is 0.237 e. The molecule has 0 bridgehead atoms. The van der Waals surface area contributed by atoms with Gasteiger partial charge in [-0.2, -0.15) is 0 Å². The third-order valence-corrected chi connectivity index (χ3v) is 4.12. The molecule has 1 unspecified atom stereocenters. The monoisotopic (exact) mass is 273 g/mol. The lowest BCUT2D eigenvalue weighted by molar-refractivity contribution is -0.154. The predicted molar refractivity (Wildman–Crippen MR) is 75.8 cm³/mol. The number of hydrogen-bond acceptors (Lipinski definition) is 4. The lowest BCUT2D eigenvalue weighted by Gasteiger charge is -2.55. The molecule has 106 valence electrons. The Hall–Kier alpha value is -1.88. The fraction of sp³-hybridized carbons (Fsp3) is 0.467. The summed E-state index contributed by atoms with van der Waals surface area (Å²) >= 11 is 0. The quantitative estimate of drug-likeness (QED) is 0.832. The van der Waals surface area contributed by atoms with E-state index < -0.39 is 0 Å². The molecule has 20 heavy (non-hydrogen) atoms. The molecule has 2 aliphatic rings. The van der Waals surface area contributed by atoms with Crippen LogP contribution in [0, 0.1) is 0 Å². The Balaban J connectivity index is 1.88. The van der Waals surface area contributed by atoms with Gasteiger partial charge >= 0.3 is 0 Å². The zero-order valence-corrected chi connectivity index (χ0v) is 11.8. The van der Waals surface area contributed by atoms with Crippen molar-refractivity contribution in [3.05, 3.63) is 35.7 Å². The van der Waals surface area contributed by atoms with E-state index >= 15 is 0 Å². The second-order valence-electron chi connectivity index (χ2n) is 5.80. The lowest BCUT2D eigenvalue weighted by Crippen LogP contribution is -2.65. The normalized spacial score (nSPS) is 25.1. The van der Waals surface area contributed by atoms with E-state index in [9.17, 15) is 4.79 Å². The topological polar surface area (TPSA) is 68.5 Å². The fourth-order valence-electron chi connectivity index (χ4n) is 3.15. The summed E-state index contributed by atoms with van der Waals surface area (Å²) in [6.45, 7) is 5.44. The lowest BCUT2D eigenvalue weighted by atomic mass is 9.71. The molecule has 2 N–H and O–H groups in total. The minimum Gasteiger partial charge on any atom is -0.384 e. The van der Waals surface area contributed by atoms with Crippen molar-refractivity contribution in [2.45, 2.75) is 31.7 Å². The molecule has 5 heteroatoms. The van der Waals surface area contributed by atoms with Crippen LogP contribution in [0.15, 0.2) is 30.1 Å². The van der Waals surface area contributed by atoms with Crippen LogP contribution >= 0.6 is 0 Å². The van der Waals surface area contributed by atoms with Gasteiger partial charge in [0.2, 0.25) is 5.91 Å². The van der Waals surface area contributed by atoms with Gasteiger partial charge in [0.25, 0.3) is 0 Å². The maximum Gasteiger partial charge on any atom is 0.237 e. The number of carbonyl (C=O) groups excluding carboxylic acids is 1. The van der Waals surface area contributed by atoms with Crippen LogP contribution in [0.5, 0.6) is 0 Å². The van der Waals surface area contributed by atoms with Gasteiger partial charge in [-0.05, 0) is 31.6 Å². The standard InChI is InChI=1S/C15H19N3O2/c1-15(2)13(10-3-4-12(16)17-9-10)14(19)18(15)11-5-7-20-8-6-11/h3-5,9,13H,6-8H2,1-2H3,(H2,16,17). The molecule has 0 aromatic carbocycles. The number of β-lactam (4-membered cyclic amide) rings is 1. The van der Waals surface area contributed by atoms with Gasteiger partial charge in [0.05, 0.1) is 24.7 Å². The van der Waals surface area contributed by atoms with Crippen molar-refractivity contribution >= 4 is 11.7 Å². The largest absolute Gasteiger partial charge is 0.384 e. The first-order chi connectivity index (χ1) is 9.51. The molecular formula is C15H19N3O2. The maximum absolute atomic E-state index is 12.5. The van der Waals surface area contributed by atoms with Crippen molar-refractivity contribution in [3.8, 4) is 0 Å². The van der Waals surface area contributed by atoms with E-state index in [0.717, 1.165) is 17.7 Å². The first-order valence-corrected chi connectivity index (χ1v) is 6.84. The van der Waals surface area contributed by atoms with E-state index in [2.05, 4.69) is 18.8 Å². The van der Waals surface area contributed by atoms with Gasteiger partial charge in [-0.25, -0.2) is 4.98 Å². The summed E-state index contributed by atoms with van der Waals surface area (Å²) in [4.78, 5) is 18.5. The summed E-state index contributed by atoms with van der Waals surface area (Å²) in [6.07, 6.45) is 4.50. The van der Waals surface area contributed by atoms with Gasteiger partial charge in [-0.3, -0.25) is 4.79 Å². The van der Waals surface area contributed by atoms with Crippen LogP contribution in [-0.4, -0.2) is 34.5 Å². The number of carbonyl (C=O) groups is 1. The summed E-state index contributed by atoms with van der Waals surface area (Å²) < 4.78 is 5.31. The van der Waals surface area contributed by atoms with E-state index in [4.69, 9.17) is 10.5 Å². The van der Waals surface area contributed by atoms with Crippen LogP contribution in [-0.2, 0) is 9.53 Å². The molecule has 5 nitrogen and oxygen atoms in total. The third-order valence-electron chi connectivity index (χ3n) is 4.12. The average molecular weight is 273 g/mol. The first-order valence-electron chi connectivity index (χ1n) is 6.84. The summed E-state index contributed by atoms with van der Waals surface area (Å²) in [6, 6.07) is 3.64. The van der Waals surface area contributed by atoms with Crippen LogP contribution < -0.4 is 5.73 Å². The molecule has 1 fully saturated rings. The molecule has 2 aliphatic heterocycles. The van der Waals surface area contributed by atoms with Crippen LogP contribution in [0.3, 0.4) is 0 Å². The molecule has 1 aromatic heterocycles. The second kappa shape index (κ2) is 4.59. The minimum absolute atomic E-state index is 0.134. The molecule has 1 atom stereocenters. The number of rotatable bonds is 2. The number of ether oxygens (including phenoxy) is 1. The van der Waals surface area contributed by atoms with Crippen molar-refractivity contribution < 1.29 is 9.53 Å². The van der Waals surface area contributed by atoms with E-state index in [0.29, 0.717) is 19.0 Å². The van der Waals surface area contributed by atoms with Gasteiger partial charge in [0.15, 0.2) is 0 Å². The van der Waals surface area contributed by atoms with E-state index in [1.54, 1.807) is 12.3 Å². The Morgan fingerprint density at radius 2 is 2.25 bits per heavy atom. The highest BCUT2D eigenvalue weighted by atomic mass is 16.5. The fourth-order valence-corrected chi connectivity index (χ4v) is 3.15. The Morgan fingerprint density at radius 3 is 2.80 bits per heavy atom. The molecule has 0 aliphatic carbocycles. The first kappa shape index (κ1) is 13.1. The Bertz CT molecular complexity index is 563. The van der Waals surface area contributed by atoms with Crippen LogP contribution in [0.4, 0.5) is 5.82 Å². The van der Waals surface area contributed by atoms with Gasteiger partial charge in [0, 0.05) is 18.3 Å². The van der Waals surface area contributed by atoms with E-state index in [-0.39, 0.29) is 17.4 Å². The summed E-state index contributed by atoms with van der Waals surface area (Å²) in [5.74, 6) is 0.455. The van der Waals surface area contributed by atoms with E-state index in [1.807, 2.05) is 17.0 Å². The number of amides is 1. The van der Waals surface area contributed by atoms with E-state index in [1.165, 1.54) is 0 Å². The minimum atomic E-state index is -0.238. The molecule has 1 aromatic rings. The highest BCUT2D eigenvalue weighted by Crippen LogP contribution is 2.47. The van der Waals surface area contributed by atoms with Gasteiger partial charge < -0.3 is 15.4 Å². The van der Waals surface area contributed by atoms with Crippen molar-refractivity contribution in [3.63, 3.8) is 0 Å². The maximum atomic E-state index is 12.5. The van der Waals surface area contributed by atoms with Gasteiger partial charge in [-0.1, -0.05) is 6.07 Å². The van der Waals surface area contributed by atoms with Crippen LogP contribution in [0.1, 0.15) is 31.7 Å². The highest BCUT2D eigenvalue weighted by molar-refractivity contribution is 5.94. The van der Waals surface area contributed by atoms with Crippen molar-refractivity contribution in [2.24, 2.45) is 0 Å². The summed E-state index contributed by atoms with van der Waals surface area (Å²) in [5.41, 5.74) is 7.37. The number of nitrogens with two attached hydrogens (primary N) is 1. The highest BCUT2D eigenvalue weighted by Gasteiger charge is 2.55. The molecule has 3 heterocycles. The Kier molecular flexibility index (Phi) is 3.01.